The molecule has 1 heterocycles. The molecule has 17 heavy (non-hydrogen) atoms. The first-order chi connectivity index (χ1) is 8.22. The van der Waals surface area contributed by atoms with Crippen LogP contribution in [0.1, 0.15) is 44.2 Å². The van der Waals surface area contributed by atoms with Gasteiger partial charge >= 0.3 is 0 Å². The molecule has 4 aliphatic rings. The molecule has 3 heteroatoms. The summed E-state index contributed by atoms with van der Waals surface area (Å²) in [5.74, 6) is 3.09. The van der Waals surface area contributed by atoms with Gasteiger partial charge in [0, 0.05) is 0 Å². The van der Waals surface area contributed by atoms with Gasteiger partial charge in [-0.3, -0.25) is 0 Å². The molecule has 4 fully saturated rings. The fourth-order valence-corrected chi connectivity index (χ4v) is 5.83. The third-order valence-corrected chi connectivity index (χ3v) is 6.08. The molecule has 1 aromatic rings. The van der Waals surface area contributed by atoms with Crippen molar-refractivity contribution in [1.82, 2.24) is 4.98 Å². The van der Waals surface area contributed by atoms with Gasteiger partial charge in [-0.05, 0) is 68.1 Å². The maximum Gasteiger partial charge on any atom is 0.109 e. The normalized spacial score (nSPS) is 43.2. The van der Waals surface area contributed by atoms with Gasteiger partial charge in [-0.1, -0.05) is 0 Å². The Bertz CT molecular complexity index is 402. The lowest BCUT2D eigenvalue weighted by molar-refractivity contribution is -0.0525. The largest absolute Gasteiger partial charge is 0.389 e. The summed E-state index contributed by atoms with van der Waals surface area (Å²) in [6.07, 6.45) is 10.1. The first-order valence-corrected chi connectivity index (χ1v) is 7.78. The van der Waals surface area contributed by atoms with Gasteiger partial charge < -0.3 is 5.73 Å². The Kier molecular flexibility index (Phi) is 2.11. The molecule has 4 saturated carbocycles. The molecular weight excluding hydrogens is 228 g/mol. The Morgan fingerprint density at radius 1 is 1.18 bits per heavy atom. The highest BCUT2D eigenvalue weighted by molar-refractivity contribution is 7.13. The van der Waals surface area contributed by atoms with Crippen molar-refractivity contribution in [3.05, 3.63) is 11.2 Å². The van der Waals surface area contributed by atoms with Crippen molar-refractivity contribution < 1.29 is 0 Å². The molecule has 0 amide bonds. The van der Waals surface area contributed by atoms with E-state index in [2.05, 4.69) is 4.98 Å². The van der Waals surface area contributed by atoms with E-state index in [0.29, 0.717) is 5.41 Å². The number of rotatable bonds is 2. The summed E-state index contributed by atoms with van der Waals surface area (Å²) >= 11 is 1.60. The third kappa shape index (κ3) is 1.62. The highest BCUT2D eigenvalue weighted by Crippen LogP contribution is 2.61. The first kappa shape index (κ1) is 10.4. The van der Waals surface area contributed by atoms with Gasteiger partial charge in [-0.25, -0.2) is 4.98 Å². The van der Waals surface area contributed by atoms with Gasteiger partial charge in [-0.15, -0.1) is 11.3 Å². The maximum atomic E-state index is 6.03. The van der Waals surface area contributed by atoms with Gasteiger partial charge in [0.15, 0.2) is 0 Å². The average Bonchev–Trinajstić information content (AvgIpc) is 2.61. The maximum absolute atomic E-state index is 6.03. The molecule has 0 atom stereocenters. The number of nitrogen functional groups attached to an aromatic ring is 1. The molecule has 5 rings (SSSR count). The Labute approximate surface area is 107 Å². The van der Waals surface area contributed by atoms with Crippen LogP contribution in [0.25, 0.3) is 0 Å². The minimum atomic E-state index is 0.580. The fourth-order valence-electron chi connectivity index (χ4n) is 5.27. The summed E-state index contributed by atoms with van der Waals surface area (Å²) in [7, 11) is 0. The lowest BCUT2D eigenvalue weighted by atomic mass is 9.48. The van der Waals surface area contributed by atoms with Gasteiger partial charge in [0.25, 0.3) is 0 Å². The third-order valence-electron chi connectivity index (χ3n) is 5.38. The predicted octanol–water partition coefficient (Wildman–Crippen LogP) is 3.48. The molecule has 2 N–H and O–H groups in total. The second-order valence-corrected chi connectivity index (χ2v) is 7.64. The van der Waals surface area contributed by atoms with Crippen molar-refractivity contribution >= 4 is 16.3 Å². The van der Waals surface area contributed by atoms with E-state index in [1.807, 2.05) is 5.51 Å². The van der Waals surface area contributed by atoms with Crippen LogP contribution in [0.15, 0.2) is 5.51 Å². The van der Waals surface area contributed by atoms with Gasteiger partial charge in [0.2, 0.25) is 0 Å². The quantitative estimate of drug-likeness (QED) is 0.870. The number of nitrogens with zero attached hydrogens (tertiary/aromatic N) is 1. The Balaban J connectivity index is 1.62. The van der Waals surface area contributed by atoms with E-state index in [9.17, 15) is 0 Å². The standard InChI is InChI=1S/C14H20N2S/c15-13-12(16-8-17-13)7-14-4-9-1-10(5-14)3-11(2-9)6-14/h8-11H,1-7,15H2. The predicted molar refractivity (Wildman–Crippen MR) is 70.8 cm³/mol. The minimum Gasteiger partial charge on any atom is -0.389 e. The van der Waals surface area contributed by atoms with E-state index >= 15 is 0 Å². The van der Waals surface area contributed by atoms with Crippen molar-refractivity contribution in [1.29, 1.82) is 0 Å². The molecule has 2 nitrogen and oxygen atoms in total. The number of hydrogen-bond donors (Lipinski definition) is 1. The van der Waals surface area contributed by atoms with Crippen LogP contribution >= 0.6 is 11.3 Å². The molecule has 4 bridgehead atoms. The van der Waals surface area contributed by atoms with E-state index in [-0.39, 0.29) is 0 Å². The summed E-state index contributed by atoms with van der Waals surface area (Å²) < 4.78 is 0. The van der Waals surface area contributed by atoms with E-state index in [1.54, 1.807) is 11.3 Å². The van der Waals surface area contributed by atoms with Crippen LogP contribution < -0.4 is 5.73 Å². The average molecular weight is 248 g/mol. The summed E-state index contributed by atoms with van der Waals surface area (Å²) in [4.78, 5) is 4.49. The van der Waals surface area contributed by atoms with E-state index < -0.39 is 0 Å². The summed E-state index contributed by atoms with van der Waals surface area (Å²) in [6, 6.07) is 0. The highest BCUT2D eigenvalue weighted by atomic mass is 32.1. The van der Waals surface area contributed by atoms with Crippen molar-refractivity contribution in [2.45, 2.75) is 44.9 Å². The first-order valence-electron chi connectivity index (χ1n) is 6.90. The number of aromatic nitrogens is 1. The SMILES string of the molecule is Nc1scnc1CC12CC3CC(CC(C3)C1)C2. The van der Waals surface area contributed by atoms with Crippen molar-refractivity contribution in [3.8, 4) is 0 Å². The lowest BCUT2D eigenvalue weighted by Crippen LogP contribution is -2.47. The van der Waals surface area contributed by atoms with Crippen molar-refractivity contribution in [3.63, 3.8) is 0 Å². The minimum absolute atomic E-state index is 0.580. The van der Waals surface area contributed by atoms with Crippen molar-refractivity contribution in [2.75, 3.05) is 5.73 Å². The molecule has 0 spiro atoms. The molecule has 0 radical (unpaired) electrons. The number of hydrogen-bond acceptors (Lipinski definition) is 3. The number of nitrogens with two attached hydrogens (primary N) is 1. The summed E-state index contributed by atoms with van der Waals surface area (Å²) in [5, 5.41) is 0.959. The monoisotopic (exact) mass is 248 g/mol. The molecule has 0 aliphatic heterocycles. The van der Waals surface area contributed by atoms with Crippen LogP contribution in [-0.2, 0) is 6.42 Å². The second-order valence-electron chi connectivity index (χ2n) is 6.76. The van der Waals surface area contributed by atoms with Crippen LogP contribution in [0.4, 0.5) is 5.00 Å². The number of thiazole rings is 1. The molecule has 0 unspecified atom stereocenters. The fraction of sp³-hybridized carbons (Fsp3) is 0.786. The van der Waals surface area contributed by atoms with Crippen LogP contribution in [0.5, 0.6) is 0 Å². The van der Waals surface area contributed by atoms with E-state index in [4.69, 9.17) is 5.73 Å². The smallest absolute Gasteiger partial charge is 0.109 e. The van der Waals surface area contributed by atoms with E-state index in [1.165, 1.54) is 44.2 Å². The second kappa shape index (κ2) is 3.47. The Morgan fingerprint density at radius 3 is 2.24 bits per heavy atom. The zero-order chi connectivity index (χ0) is 11.5. The molecule has 0 aromatic carbocycles. The van der Waals surface area contributed by atoms with Crippen LogP contribution in [0.2, 0.25) is 0 Å². The zero-order valence-electron chi connectivity index (χ0n) is 10.2. The van der Waals surface area contributed by atoms with Crippen LogP contribution in [-0.4, -0.2) is 4.98 Å². The topological polar surface area (TPSA) is 38.9 Å². The Hall–Kier alpha value is -0.570. The highest BCUT2D eigenvalue weighted by Gasteiger charge is 2.50. The summed E-state index contributed by atoms with van der Waals surface area (Å²) in [5.41, 5.74) is 9.71. The molecule has 4 aliphatic carbocycles. The lowest BCUT2D eigenvalue weighted by Gasteiger charge is -2.57. The molecule has 0 saturated heterocycles. The van der Waals surface area contributed by atoms with Crippen LogP contribution in [0.3, 0.4) is 0 Å². The Morgan fingerprint density at radius 2 is 1.76 bits per heavy atom. The van der Waals surface area contributed by atoms with Crippen LogP contribution in [0, 0.1) is 23.2 Å². The molecule has 92 valence electrons. The van der Waals surface area contributed by atoms with Gasteiger partial charge in [0.1, 0.15) is 5.00 Å². The molecule has 1 aromatic heterocycles. The van der Waals surface area contributed by atoms with Gasteiger partial charge in [-0.2, -0.15) is 0 Å². The molecular formula is C14H20N2S. The van der Waals surface area contributed by atoms with Crippen molar-refractivity contribution in [2.24, 2.45) is 23.2 Å². The van der Waals surface area contributed by atoms with E-state index in [0.717, 1.165) is 29.2 Å². The number of anilines is 1. The summed E-state index contributed by atoms with van der Waals surface area (Å²) in [6.45, 7) is 0. The van der Waals surface area contributed by atoms with Gasteiger partial charge in [0.05, 0.1) is 11.2 Å². The zero-order valence-corrected chi connectivity index (χ0v) is 11.0.